The molecule has 6 nitrogen and oxygen atoms in total. The molecule has 3 aromatic rings. The Bertz CT molecular complexity index is 952. The summed E-state index contributed by atoms with van der Waals surface area (Å²) in [4.78, 5) is 12.9. The van der Waals surface area contributed by atoms with Crippen molar-refractivity contribution in [2.45, 2.75) is 20.3 Å². The normalized spacial score (nSPS) is 10.7. The van der Waals surface area contributed by atoms with Crippen molar-refractivity contribution < 1.29 is 9.18 Å². The predicted octanol–water partition coefficient (Wildman–Crippen LogP) is 3.09. The van der Waals surface area contributed by atoms with Crippen LogP contribution in [0, 0.1) is 12.7 Å². The van der Waals surface area contributed by atoms with Crippen LogP contribution in [0.25, 0.3) is 16.7 Å². The summed E-state index contributed by atoms with van der Waals surface area (Å²) in [6.45, 7) is 3.66. The van der Waals surface area contributed by atoms with Gasteiger partial charge < -0.3 is 10.6 Å². The average Bonchev–Trinajstić information content (AvgIpc) is 2.98. The zero-order valence-electron chi connectivity index (χ0n) is 13.7. The summed E-state index contributed by atoms with van der Waals surface area (Å²) >= 11 is 5.14. The SMILES string of the molecule is CCC(=O)NC(=S)Nc1cc2nn(-c3ccc(F)cc3)nc2cc1C. The lowest BCUT2D eigenvalue weighted by atomic mass is 10.2. The van der Waals surface area contributed by atoms with Crippen LogP contribution >= 0.6 is 12.2 Å². The van der Waals surface area contributed by atoms with E-state index >= 15 is 0 Å². The number of aryl methyl sites for hydroxylation is 1. The van der Waals surface area contributed by atoms with Crippen LogP contribution in [0.5, 0.6) is 0 Å². The number of fused-ring (bicyclic) bond motifs is 1. The van der Waals surface area contributed by atoms with Gasteiger partial charge in [0.25, 0.3) is 0 Å². The second kappa shape index (κ2) is 6.94. The molecule has 0 aliphatic rings. The first-order valence-electron chi connectivity index (χ1n) is 7.70. The van der Waals surface area contributed by atoms with E-state index in [2.05, 4.69) is 20.8 Å². The standard InChI is InChI=1S/C17H16FN5OS/c1-3-16(24)20-17(25)19-13-9-15-14(8-10(13)2)21-23(22-15)12-6-4-11(18)5-7-12/h4-9H,3H2,1-2H3,(H2,19,20,24,25). The Morgan fingerprint density at radius 1 is 1.20 bits per heavy atom. The monoisotopic (exact) mass is 357 g/mol. The van der Waals surface area contributed by atoms with Gasteiger partial charge in [0.1, 0.15) is 16.9 Å². The third-order valence-electron chi connectivity index (χ3n) is 3.61. The Morgan fingerprint density at radius 2 is 1.84 bits per heavy atom. The Labute approximate surface area is 149 Å². The van der Waals surface area contributed by atoms with Gasteiger partial charge in [-0.25, -0.2) is 4.39 Å². The number of hydrogen-bond acceptors (Lipinski definition) is 4. The maximum absolute atomic E-state index is 13.0. The summed E-state index contributed by atoms with van der Waals surface area (Å²) in [7, 11) is 0. The van der Waals surface area contributed by atoms with Crippen molar-refractivity contribution >= 4 is 40.0 Å². The molecule has 1 aromatic heterocycles. The third kappa shape index (κ3) is 3.80. The van der Waals surface area contributed by atoms with Crippen LogP contribution in [0.15, 0.2) is 36.4 Å². The van der Waals surface area contributed by atoms with Crippen LogP contribution in [-0.2, 0) is 4.79 Å². The summed E-state index contributed by atoms with van der Waals surface area (Å²) < 4.78 is 13.0. The van der Waals surface area contributed by atoms with Gasteiger partial charge in [-0.1, -0.05) is 6.92 Å². The lowest BCUT2D eigenvalue weighted by molar-refractivity contribution is -0.119. The molecule has 0 radical (unpaired) electrons. The molecule has 2 aromatic carbocycles. The second-order valence-corrected chi connectivity index (χ2v) is 5.89. The molecule has 2 N–H and O–H groups in total. The number of rotatable bonds is 3. The number of aromatic nitrogens is 3. The van der Waals surface area contributed by atoms with Crippen LogP contribution in [0.3, 0.4) is 0 Å². The lowest BCUT2D eigenvalue weighted by Crippen LogP contribution is -2.33. The van der Waals surface area contributed by atoms with Crippen molar-refractivity contribution in [1.29, 1.82) is 0 Å². The molecule has 1 heterocycles. The quantitative estimate of drug-likeness (QED) is 0.705. The van der Waals surface area contributed by atoms with Gasteiger partial charge in [0.05, 0.1) is 5.69 Å². The number of hydrogen-bond donors (Lipinski definition) is 2. The van der Waals surface area contributed by atoms with Gasteiger partial charge in [-0.2, -0.15) is 4.80 Å². The number of carbonyl (C=O) groups is 1. The van der Waals surface area contributed by atoms with E-state index in [0.29, 0.717) is 23.1 Å². The molecule has 0 atom stereocenters. The molecule has 0 aliphatic carbocycles. The van der Waals surface area contributed by atoms with Gasteiger partial charge in [-0.05, 0) is 61.1 Å². The lowest BCUT2D eigenvalue weighted by Gasteiger charge is -2.10. The highest BCUT2D eigenvalue weighted by molar-refractivity contribution is 7.80. The molecule has 8 heteroatoms. The fraction of sp³-hybridized carbons (Fsp3) is 0.176. The van der Waals surface area contributed by atoms with E-state index in [1.165, 1.54) is 16.9 Å². The molecule has 0 unspecified atom stereocenters. The molecule has 3 rings (SSSR count). The number of nitrogens with zero attached hydrogens (tertiary/aromatic N) is 3. The number of nitrogens with one attached hydrogen (secondary N) is 2. The summed E-state index contributed by atoms with van der Waals surface area (Å²) in [5.74, 6) is -0.469. The zero-order valence-corrected chi connectivity index (χ0v) is 14.5. The maximum atomic E-state index is 13.0. The Kier molecular flexibility index (Phi) is 4.71. The molecule has 0 saturated heterocycles. The Morgan fingerprint density at radius 3 is 2.48 bits per heavy atom. The first kappa shape index (κ1) is 17.0. The molecule has 25 heavy (non-hydrogen) atoms. The molecule has 1 amide bonds. The van der Waals surface area contributed by atoms with Gasteiger partial charge in [-0.3, -0.25) is 4.79 Å². The van der Waals surface area contributed by atoms with E-state index in [1.807, 2.05) is 19.1 Å². The number of thiocarbonyl (C=S) groups is 1. The number of benzene rings is 2. The molecule has 0 aliphatic heterocycles. The summed E-state index contributed by atoms with van der Waals surface area (Å²) in [5.41, 5.74) is 3.67. The molecule has 0 fully saturated rings. The predicted molar refractivity (Wildman–Crippen MR) is 98.2 cm³/mol. The smallest absolute Gasteiger partial charge is 0.225 e. The first-order valence-corrected chi connectivity index (χ1v) is 8.11. The van der Waals surface area contributed by atoms with Gasteiger partial charge in [-0.15, -0.1) is 10.2 Å². The van der Waals surface area contributed by atoms with Crippen LogP contribution in [-0.4, -0.2) is 26.0 Å². The van der Waals surface area contributed by atoms with Crippen molar-refractivity contribution in [3.05, 3.63) is 47.8 Å². The minimum absolute atomic E-state index is 0.154. The average molecular weight is 357 g/mol. The van der Waals surface area contributed by atoms with E-state index in [4.69, 9.17) is 12.2 Å². The van der Waals surface area contributed by atoms with Crippen molar-refractivity contribution in [2.24, 2.45) is 0 Å². The van der Waals surface area contributed by atoms with Crippen molar-refractivity contribution in [2.75, 3.05) is 5.32 Å². The van der Waals surface area contributed by atoms with Crippen LogP contribution in [0.1, 0.15) is 18.9 Å². The van der Waals surface area contributed by atoms with Gasteiger partial charge in [0, 0.05) is 12.1 Å². The van der Waals surface area contributed by atoms with E-state index in [1.54, 1.807) is 19.1 Å². The molecule has 0 spiro atoms. The minimum atomic E-state index is -0.314. The highest BCUT2D eigenvalue weighted by atomic mass is 32.1. The minimum Gasteiger partial charge on any atom is -0.332 e. The fourth-order valence-corrected chi connectivity index (χ4v) is 2.48. The highest BCUT2D eigenvalue weighted by Crippen LogP contribution is 2.22. The zero-order chi connectivity index (χ0) is 18.0. The number of carbonyl (C=O) groups excluding carboxylic acids is 1. The van der Waals surface area contributed by atoms with Crippen molar-refractivity contribution in [3.8, 4) is 5.69 Å². The Balaban J connectivity index is 1.89. The second-order valence-electron chi connectivity index (χ2n) is 5.48. The molecular weight excluding hydrogens is 341 g/mol. The largest absolute Gasteiger partial charge is 0.332 e. The van der Waals surface area contributed by atoms with E-state index < -0.39 is 0 Å². The third-order valence-corrected chi connectivity index (χ3v) is 3.81. The number of amides is 1. The van der Waals surface area contributed by atoms with E-state index in [0.717, 1.165) is 11.3 Å². The van der Waals surface area contributed by atoms with Crippen LogP contribution < -0.4 is 10.6 Å². The van der Waals surface area contributed by atoms with Crippen molar-refractivity contribution in [1.82, 2.24) is 20.3 Å². The first-order chi connectivity index (χ1) is 12.0. The summed E-state index contributed by atoms with van der Waals surface area (Å²) in [6, 6.07) is 9.61. The fourth-order valence-electron chi connectivity index (χ4n) is 2.26. The summed E-state index contributed by atoms with van der Waals surface area (Å²) in [5, 5.41) is 14.6. The highest BCUT2D eigenvalue weighted by Gasteiger charge is 2.10. The van der Waals surface area contributed by atoms with Crippen LogP contribution in [0.2, 0.25) is 0 Å². The molecular formula is C17H16FN5OS. The van der Waals surface area contributed by atoms with Crippen molar-refractivity contribution in [3.63, 3.8) is 0 Å². The summed E-state index contributed by atoms with van der Waals surface area (Å²) in [6.07, 6.45) is 0.353. The van der Waals surface area contributed by atoms with Gasteiger partial charge in [0.2, 0.25) is 5.91 Å². The van der Waals surface area contributed by atoms with E-state index in [-0.39, 0.29) is 16.8 Å². The number of anilines is 1. The molecule has 128 valence electrons. The Hall–Kier alpha value is -2.87. The van der Waals surface area contributed by atoms with E-state index in [9.17, 15) is 9.18 Å². The molecule has 0 saturated carbocycles. The van der Waals surface area contributed by atoms with Crippen LogP contribution in [0.4, 0.5) is 10.1 Å². The van der Waals surface area contributed by atoms with Gasteiger partial charge in [0.15, 0.2) is 5.11 Å². The molecule has 0 bridgehead atoms. The maximum Gasteiger partial charge on any atom is 0.225 e. The van der Waals surface area contributed by atoms with Gasteiger partial charge >= 0.3 is 0 Å². The topological polar surface area (TPSA) is 71.8 Å². The number of halogens is 1.